The van der Waals surface area contributed by atoms with Crippen LogP contribution in [0.3, 0.4) is 0 Å². The van der Waals surface area contributed by atoms with Gasteiger partial charge in [0.05, 0.1) is 0 Å². The number of ketones is 1. The maximum Gasteiger partial charge on any atom is 0.165 e. The summed E-state index contributed by atoms with van der Waals surface area (Å²) in [5.41, 5.74) is 4.84. The Morgan fingerprint density at radius 3 is 1.88 bits per heavy atom. The average molecular weight is 347 g/mol. The van der Waals surface area contributed by atoms with Crippen molar-refractivity contribution in [3.8, 4) is 0 Å². The highest BCUT2D eigenvalue weighted by Gasteiger charge is 2.63. The molecule has 0 aromatic heterocycles. The zero-order valence-corrected chi connectivity index (χ0v) is 16.7. The van der Waals surface area contributed by atoms with Gasteiger partial charge in [-0.15, -0.1) is 0 Å². The van der Waals surface area contributed by atoms with Crippen LogP contribution in [-0.2, 0) is 4.79 Å². The third kappa shape index (κ3) is 3.16. The zero-order chi connectivity index (χ0) is 18.9. The molecule has 0 amide bonds. The van der Waals surface area contributed by atoms with E-state index in [4.69, 9.17) is 0 Å². The maximum atomic E-state index is 12.6. The zero-order valence-electron chi connectivity index (χ0n) is 16.7. The molecule has 0 saturated heterocycles. The molecule has 1 nitrogen and oxygen atoms in total. The topological polar surface area (TPSA) is 17.1 Å². The number of hydrogen-bond acceptors (Lipinski definition) is 1. The first-order chi connectivity index (χ1) is 12.3. The molecule has 2 aromatic rings. The summed E-state index contributed by atoms with van der Waals surface area (Å²) in [5, 5.41) is 0. The van der Waals surface area contributed by atoms with Crippen molar-refractivity contribution in [1.82, 2.24) is 0 Å². The molecule has 2 aliphatic carbocycles. The smallest absolute Gasteiger partial charge is 0.165 e. The van der Waals surface area contributed by atoms with Gasteiger partial charge < -0.3 is 0 Å². The Hall–Kier alpha value is -2.15. The largest absolute Gasteiger partial charge is 0.294 e. The lowest BCUT2D eigenvalue weighted by Gasteiger charge is -2.31. The lowest BCUT2D eigenvalue weighted by Crippen LogP contribution is -2.32. The van der Waals surface area contributed by atoms with Gasteiger partial charge in [-0.05, 0) is 55.2 Å². The van der Waals surface area contributed by atoms with Gasteiger partial charge in [-0.3, -0.25) is 4.79 Å². The van der Waals surface area contributed by atoms with E-state index in [9.17, 15) is 4.79 Å². The van der Waals surface area contributed by atoms with Crippen LogP contribution in [0.25, 0.3) is 6.08 Å². The molecule has 2 aliphatic rings. The molecule has 2 atom stereocenters. The number of Topliss-reactive ketones (excluding diaryl/α,β-unsaturated/α-hetero) is 1. The number of carbonyl (C=O) groups is 1. The molecular formula is C25H30O. The third-order valence-electron chi connectivity index (χ3n) is 6.71. The molecule has 1 heteroatoms. The van der Waals surface area contributed by atoms with Crippen LogP contribution in [0, 0.1) is 30.6 Å². The van der Waals surface area contributed by atoms with E-state index in [1.807, 2.05) is 18.2 Å². The number of hydrogen-bond donors (Lipinski definition) is 0. The van der Waals surface area contributed by atoms with Crippen LogP contribution in [0.1, 0.15) is 50.3 Å². The van der Waals surface area contributed by atoms with E-state index in [0.717, 1.165) is 24.0 Å². The van der Waals surface area contributed by atoms with Crippen molar-refractivity contribution < 1.29 is 4.79 Å². The quantitative estimate of drug-likeness (QED) is 0.546. The lowest BCUT2D eigenvalue weighted by molar-refractivity contribution is -0.125. The number of benzene rings is 2. The van der Waals surface area contributed by atoms with E-state index in [1.165, 1.54) is 11.1 Å². The highest BCUT2D eigenvalue weighted by molar-refractivity contribution is 6.07. The molecular weight excluding hydrogens is 316 g/mol. The van der Waals surface area contributed by atoms with Gasteiger partial charge in [0, 0.05) is 5.41 Å². The van der Waals surface area contributed by atoms with Crippen molar-refractivity contribution >= 4 is 11.9 Å². The first-order valence-electron chi connectivity index (χ1n) is 9.60. The molecule has 0 heterocycles. The van der Waals surface area contributed by atoms with Gasteiger partial charge in [-0.25, -0.2) is 0 Å². The summed E-state index contributed by atoms with van der Waals surface area (Å²) in [4.78, 5) is 12.6. The summed E-state index contributed by atoms with van der Waals surface area (Å²) in [6.07, 6.45) is 4.32. The Kier molecular flexibility index (Phi) is 4.92. The SMILES string of the molecule is CC12CCC(C(=Cc3ccccc3)C1=O)C2(C)C.Cc1ccc(C)cc1. The van der Waals surface area contributed by atoms with Gasteiger partial charge in [-0.2, -0.15) is 0 Å². The molecule has 0 radical (unpaired) electrons. The summed E-state index contributed by atoms with van der Waals surface area (Å²) in [5.74, 6) is 0.822. The second-order valence-corrected chi connectivity index (χ2v) is 8.64. The summed E-state index contributed by atoms with van der Waals surface area (Å²) in [7, 11) is 0. The van der Waals surface area contributed by atoms with E-state index in [1.54, 1.807) is 0 Å². The van der Waals surface area contributed by atoms with Crippen LogP contribution in [0.2, 0.25) is 0 Å². The van der Waals surface area contributed by atoms with Crippen LogP contribution in [0.15, 0.2) is 60.2 Å². The predicted octanol–water partition coefficient (Wildman–Crippen LogP) is 6.40. The van der Waals surface area contributed by atoms with Gasteiger partial charge in [0.25, 0.3) is 0 Å². The van der Waals surface area contributed by atoms with Crippen LogP contribution in [0.5, 0.6) is 0 Å². The number of rotatable bonds is 1. The molecule has 0 N–H and O–H groups in total. The second kappa shape index (κ2) is 6.87. The Morgan fingerprint density at radius 2 is 1.42 bits per heavy atom. The molecule has 26 heavy (non-hydrogen) atoms. The summed E-state index contributed by atoms with van der Waals surface area (Å²) >= 11 is 0. The van der Waals surface area contributed by atoms with Crippen molar-refractivity contribution in [2.75, 3.05) is 0 Å². The Labute approximate surface area is 158 Å². The van der Waals surface area contributed by atoms with Crippen molar-refractivity contribution in [2.45, 2.75) is 47.5 Å². The summed E-state index contributed by atoms with van der Waals surface area (Å²) < 4.78 is 0. The van der Waals surface area contributed by atoms with E-state index >= 15 is 0 Å². The summed E-state index contributed by atoms with van der Waals surface area (Å²) in [6, 6.07) is 18.7. The van der Waals surface area contributed by atoms with Crippen LogP contribution in [-0.4, -0.2) is 5.78 Å². The van der Waals surface area contributed by atoms with Crippen molar-refractivity contribution in [1.29, 1.82) is 0 Å². The van der Waals surface area contributed by atoms with Gasteiger partial charge in [0.1, 0.15) is 0 Å². The first kappa shape index (κ1) is 18.6. The molecule has 2 aromatic carbocycles. The normalized spacial score (nSPS) is 27.3. The molecule has 2 fully saturated rings. The molecule has 0 spiro atoms. The standard InChI is InChI=1S/C17H20O.C8H10/c1-16(2)14-9-10-17(16,3)15(18)13(14)11-12-7-5-4-6-8-12;1-7-3-5-8(2)6-4-7/h4-8,11,14H,9-10H2,1-3H3;3-6H,1-2H3. The van der Waals surface area contributed by atoms with Crippen LogP contribution >= 0.6 is 0 Å². The highest BCUT2D eigenvalue weighted by atomic mass is 16.1. The fraction of sp³-hybridized carbons (Fsp3) is 0.400. The van der Waals surface area contributed by atoms with Gasteiger partial charge >= 0.3 is 0 Å². The highest BCUT2D eigenvalue weighted by Crippen LogP contribution is 2.65. The molecule has 2 bridgehead atoms. The molecule has 2 saturated carbocycles. The van der Waals surface area contributed by atoms with E-state index in [-0.39, 0.29) is 10.8 Å². The van der Waals surface area contributed by atoms with Gasteiger partial charge in [-0.1, -0.05) is 86.5 Å². The van der Waals surface area contributed by atoms with E-state index in [2.05, 4.69) is 77.1 Å². The van der Waals surface area contributed by atoms with Crippen LogP contribution < -0.4 is 0 Å². The minimum atomic E-state index is -0.141. The number of allylic oxidation sites excluding steroid dienone is 1. The van der Waals surface area contributed by atoms with Gasteiger partial charge in [0.2, 0.25) is 0 Å². The maximum absolute atomic E-state index is 12.6. The third-order valence-corrected chi connectivity index (χ3v) is 6.71. The van der Waals surface area contributed by atoms with E-state index < -0.39 is 0 Å². The fourth-order valence-electron chi connectivity index (χ4n) is 4.46. The Morgan fingerprint density at radius 1 is 0.885 bits per heavy atom. The van der Waals surface area contributed by atoms with Crippen molar-refractivity contribution in [3.63, 3.8) is 0 Å². The monoisotopic (exact) mass is 346 g/mol. The van der Waals surface area contributed by atoms with Crippen molar-refractivity contribution in [3.05, 3.63) is 76.9 Å². The molecule has 4 rings (SSSR count). The molecule has 0 aliphatic heterocycles. The minimum Gasteiger partial charge on any atom is -0.294 e. The fourth-order valence-corrected chi connectivity index (χ4v) is 4.46. The predicted molar refractivity (Wildman–Crippen MR) is 110 cm³/mol. The number of fused-ring (bicyclic) bond motifs is 2. The number of aryl methyl sites for hydroxylation is 2. The minimum absolute atomic E-state index is 0.116. The number of carbonyl (C=O) groups excluding carboxylic acids is 1. The molecule has 2 unspecified atom stereocenters. The lowest BCUT2D eigenvalue weighted by atomic mass is 9.70. The second-order valence-electron chi connectivity index (χ2n) is 8.64. The van der Waals surface area contributed by atoms with Crippen LogP contribution in [0.4, 0.5) is 0 Å². The van der Waals surface area contributed by atoms with Crippen molar-refractivity contribution in [2.24, 2.45) is 16.7 Å². The summed E-state index contributed by atoms with van der Waals surface area (Å²) in [6.45, 7) is 10.9. The molecule has 136 valence electrons. The Bertz CT molecular complexity index is 790. The van der Waals surface area contributed by atoms with E-state index in [0.29, 0.717) is 11.7 Å². The van der Waals surface area contributed by atoms with Gasteiger partial charge in [0.15, 0.2) is 5.78 Å². The average Bonchev–Trinajstić information content (AvgIpc) is 2.93. The Balaban J connectivity index is 0.000000206. The first-order valence-corrected chi connectivity index (χ1v) is 9.60.